The molecule has 24 heavy (non-hydrogen) atoms. The lowest BCUT2D eigenvalue weighted by Crippen LogP contribution is -2.45. The minimum absolute atomic E-state index is 0.200. The highest BCUT2D eigenvalue weighted by Crippen LogP contribution is 2.25. The number of thiocarbonyl (C=S) groups is 1. The van der Waals surface area contributed by atoms with Gasteiger partial charge in [0.25, 0.3) is 0 Å². The Balaban J connectivity index is 1.71. The molecule has 0 radical (unpaired) electrons. The third-order valence-corrected chi connectivity index (χ3v) is 5.08. The maximum Gasteiger partial charge on any atom is 0.170 e. The Labute approximate surface area is 150 Å². The Kier molecular flexibility index (Phi) is 5.81. The second-order valence-electron chi connectivity index (χ2n) is 6.47. The summed E-state index contributed by atoms with van der Waals surface area (Å²) in [5, 5.41) is 4.36. The van der Waals surface area contributed by atoms with Crippen LogP contribution in [0.5, 0.6) is 0 Å². The zero-order valence-electron chi connectivity index (χ0n) is 14.2. The average Bonchev–Trinajstić information content (AvgIpc) is 3.15. The van der Waals surface area contributed by atoms with Crippen LogP contribution in [0.2, 0.25) is 0 Å². The quantitative estimate of drug-likeness (QED) is 0.814. The van der Waals surface area contributed by atoms with E-state index in [0.29, 0.717) is 6.04 Å². The highest BCUT2D eigenvalue weighted by Gasteiger charge is 2.25. The minimum Gasteiger partial charge on any atom is -0.356 e. The zero-order chi connectivity index (χ0) is 16.8. The van der Waals surface area contributed by atoms with Crippen LogP contribution in [-0.4, -0.2) is 21.0 Å². The van der Waals surface area contributed by atoms with Gasteiger partial charge < -0.3 is 10.2 Å². The molecule has 0 amide bonds. The van der Waals surface area contributed by atoms with Crippen molar-refractivity contribution in [3.8, 4) is 0 Å². The summed E-state index contributed by atoms with van der Waals surface area (Å²) in [7, 11) is 0. The number of pyridine rings is 1. The Morgan fingerprint density at radius 1 is 1.17 bits per heavy atom. The van der Waals surface area contributed by atoms with Crippen LogP contribution in [0.1, 0.15) is 49.9 Å². The first-order valence-corrected chi connectivity index (χ1v) is 9.17. The van der Waals surface area contributed by atoms with Crippen molar-refractivity contribution in [3.63, 3.8) is 0 Å². The van der Waals surface area contributed by atoms with Gasteiger partial charge in [0.05, 0.1) is 18.3 Å². The number of benzene rings is 1. The fourth-order valence-electron chi connectivity index (χ4n) is 3.34. The summed E-state index contributed by atoms with van der Waals surface area (Å²) in [4.78, 5) is 6.82. The van der Waals surface area contributed by atoms with Gasteiger partial charge in [-0.25, -0.2) is 0 Å². The van der Waals surface area contributed by atoms with Crippen molar-refractivity contribution in [2.75, 3.05) is 0 Å². The molecular formula is C20H25N3S. The number of rotatable bonds is 5. The fraction of sp³-hybridized carbons (Fsp3) is 0.400. The average molecular weight is 340 g/mol. The molecule has 1 atom stereocenters. The Morgan fingerprint density at radius 2 is 1.88 bits per heavy atom. The number of nitrogens with one attached hydrogen (secondary N) is 1. The van der Waals surface area contributed by atoms with E-state index in [2.05, 4.69) is 52.5 Å². The first-order chi connectivity index (χ1) is 11.7. The van der Waals surface area contributed by atoms with Gasteiger partial charge in [0.15, 0.2) is 5.11 Å². The van der Waals surface area contributed by atoms with Gasteiger partial charge in [0.2, 0.25) is 0 Å². The largest absolute Gasteiger partial charge is 0.356 e. The lowest BCUT2D eigenvalue weighted by Gasteiger charge is -2.33. The standard InChI is InChI=1S/C20H25N3S/c1-16(17-9-3-2-4-10-17)22-20(24)23(19-12-5-6-13-19)15-18-11-7-8-14-21-18/h2-4,7-11,14,16,19H,5-6,12-13,15H2,1H3,(H,22,24)/t16-/m1/s1. The van der Waals surface area contributed by atoms with Gasteiger partial charge in [-0.15, -0.1) is 0 Å². The van der Waals surface area contributed by atoms with Crippen LogP contribution >= 0.6 is 12.2 Å². The van der Waals surface area contributed by atoms with E-state index in [1.165, 1.54) is 31.2 Å². The molecular weight excluding hydrogens is 314 g/mol. The first kappa shape index (κ1) is 16.9. The first-order valence-electron chi connectivity index (χ1n) is 8.76. The van der Waals surface area contributed by atoms with Crippen LogP contribution in [-0.2, 0) is 6.54 Å². The van der Waals surface area contributed by atoms with Crippen molar-refractivity contribution < 1.29 is 0 Å². The van der Waals surface area contributed by atoms with Crippen molar-refractivity contribution in [1.82, 2.24) is 15.2 Å². The van der Waals surface area contributed by atoms with Crippen molar-refractivity contribution in [3.05, 3.63) is 66.0 Å². The Hall–Kier alpha value is -1.94. The van der Waals surface area contributed by atoms with Gasteiger partial charge in [-0.2, -0.15) is 0 Å². The van der Waals surface area contributed by atoms with Gasteiger partial charge in [-0.05, 0) is 49.7 Å². The molecule has 0 bridgehead atoms. The van der Waals surface area contributed by atoms with E-state index in [0.717, 1.165) is 17.4 Å². The van der Waals surface area contributed by atoms with Gasteiger partial charge in [0, 0.05) is 12.2 Å². The Bertz CT molecular complexity index is 638. The molecule has 0 spiro atoms. The van der Waals surface area contributed by atoms with Crippen LogP contribution in [0.25, 0.3) is 0 Å². The predicted molar refractivity (Wildman–Crippen MR) is 103 cm³/mol. The molecule has 1 aliphatic rings. The second-order valence-corrected chi connectivity index (χ2v) is 6.86. The summed E-state index contributed by atoms with van der Waals surface area (Å²) in [5.41, 5.74) is 2.32. The number of aromatic nitrogens is 1. The molecule has 1 heterocycles. The molecule has 1 aliphatic carbocycles. The van der Waals surface area contributed by atoms with Crippen molar-refractivity contribution >= 4 is 17.3 Å². The van der Waals surface area contributed by atoms with Crippen molar-refractivity contribution in [1.29, 1.82) is 0 Å². The molecule has 3 nitrogen and oxygen atoms in total. The zero-order valence-corrected chi connectivity index (χ0v) is 15.0. The number of nitrogens with zero attached hydrogens (tertiary/aromatic N) is 2. The van der Waals surface area contributed by atoms with Crippen LogP contribution in [0.4, 0.5) is 0 Å². The van der Waals surface area contributed by atoms with Gasteiger partial charge in [-0.1, -0.05) is 49.2 Å². The molecule has 1 aromatic carbocycles. The van der Waals surface area contributed by atoms with E-state index < -0.39 is 0 Å². The normalized spacial score (nSPS) is 15.9. The third kappa shape index (κ3) is 4.32. The van der Waals surface area contributed by atoms with Crippen LogP contribution < -0.4 is 5.32 Å². The molecule has 1 N–H and O–H groups in total. The van der Waals surface area contributed by atoms with E-state index in [9.17, 15) is 0 Å². The molecule has 0 saturated heterocycles. The van der Waals surface area contributed by atoms with Crippen LogP contribution in [0.15, 0.2) is 54.7 Å². The number of hydrogen-bond acceptors (Lipinski definition) is 2. The van der Waals surface area contributed by atoms with Gasteiger partial charge in [-0.3, -0.25) is 4.98 Å². The van der Waals surface area contributed by atoms with E-state index >= 15 is 0 Å². The van der Waals surface area contributed by atoms with E-state index in [1.54, 1.807) is 0 Å². The summed E-state index contributed by atoms with van der Waals surface area (Å²) in [6.07, 6.45) is 6.87. The van der Waals surface area contributed by atoms with Gasteiger partial charge >= 0.3 is 0 Å². The maximum atomic E-state index is 5.77. The SMILES string of the molecule is C[C@@H](NC(=S)N(Cc1ccccn1)C1CCCC1)c1ccccc1. The Morgan fingerprint density at radius 3 is 2.54 bits per heavy atom. The number of hydrogen-bond donors (Lipinski definition) is 1. The van der Waals surface area contributed by atoms with Crippen LogP contribution in [0, 0.1) is 0 Å². The summed E-state index contributed by atoms with van der Waals surface area (Å²) < 4.78 is 0. The van der Waals surface area contributed by atoms with Crippen LogP contribution in [0.3, 0.4) is 0 Å². The molecule has 2 aromatic rings. The maximum absolute atomic E-state index is 5.77. The summed E-state index contributed by atoms with van der Waals surface area (Å²) >= 11 is 5.77. The van der Waals surface area contributed by atoms with E-state index in [1.807, 2.05) is 24.4 Å². The lowest BCUT2D eigenvalue weighted by atomic mass is 10.1. The molecule has 0 unspecified atom stereocenters. The molecule has 1 aromatic heterocycles. The summed E-state index contributed by atoms with van der Waals surface area (Å²) in [5.74, 6) is 0. The summed E-state index contributed by atoms with van der Waals surface area (Å²) in [6.45, 7) is 2.94. The molecule has 126 valence electrons. The molecule has 1 fully saturated rings. The summed E-state index contributed by atoms with van der Waals surface area (Å²) in [6, 6.07) is 17.2. The molecule has 4 heteroatoms. The minimum atomic E-state index is 0.200. The molecule has 3 rings (SSSR count). The monoisotopic (exact) mass is 339 g/mol. The third-order valence-electron chi connectivity index (χ3n) is 4.72. The predicted octanol–water partition coefficient (Wildman–Crippen LogP) is 4.46. The van der Waals surface area contributed by atoms with Crippen molar-refractivity contribution in [2.45, 2.75) is 51.2 Å². The highest BCUT2D eigenvalue weighted by molar-refractivity contribution is 7.80. The van der Waals surface area contributed by atoms with Crippen molar-refractivity contribution in [2.24, 2.45) is 0 Å². The smallest absolute Gasteiger partial charge is 0.170 e. The van der Waals surface area contributed by atoms with E-state index in [4.69, 9.17) is 12.2 Å². The highest BCUT2D eigenvalue weighted by atomic mass is 32.1. The topological polar surface area (TPSA) is 28.2 Å². The second kappa shape index (κ2) is 8.25. The molecule has 0 aliphatic heterocycles. The molecule has 1 saturated carbocycles. The lowest BCUT2D eigenvalue weighted by molar-refractivity contribution is 0.297. The fourth-order valence-corrected chi connectivity index (χ4v) is 3.73. The van der Waals surface area contributed by atoms with E-state index in [-0.39, 0.29) is 6.04 Å². The van der Waals surface area contributed by atoms with Gasteiger partial charge in [0.1, 0.15) is 0 Å².